The summed E-state index contributed by atoms with van der Waals surface area (Å²) in [6.45, 7) is 5.70. The number of nitrogens with one attached hydrogen (secondary N) is 1. The van der Waals surface area contributed by atoms with Crippen LogP contribution in [0.2, 0.25) is 0 Å². The highest BCUT2D eigenvalue weighted by Gasteiger charge is 2.35. The molecule has 1 aliphatic rings. The minimum Gasteiger partial charge on any atom is -0.438 e. The van der Waals surface area contributed by atoms with Crippen LogP contribution in [0.25, 0.3) is 10.9 Å². The highest BCUT2D eigenvalue weighted by atomic mass is 19.4. The van der Waals surface area contributed by atoms with Crippen molar-refractivity contribution in [1.82, 2.24) is 29.2 Å². The Morgan fingerprint density at radius 3 is 2.63 bits per heavy atom. The summed E-state index contributed by atoms with van der Waals surface area (Å²) in [6, 6.07) is 5.19. The molecule has 10 nitrogen and oxygen atoms in total. The number of hydrogen-bond donors (Lipinski definition) is 1. The fourth-order valence-corrected chi connectivity index (χ4v) is 4.70. The minimum atomic E-state index is -4.59. The molecule has 1 aromatic carbocycles. The third kappa shape index (κ3) is 4.44. The number of halogens is 3. The van der Waals surface area contributed by atoms with E-state index in [1.54, 1.807) is 23.1 Å². The molecule has 1 aliphatic heterocycles. The van der Waals surface area contributed by atoms with Gasteiger partial charge in [0.2, 0.25) is 11.8 Å². The number of amides is 2. The van der Waals surface area contributed by atoms with Crippen molar-refractivity contribution in [3.8, 4) is 11.6 Å². The third-order valence-corrected chi connectivity index (χ3v) is 6.67. The molecule has 0 bridgehead atoms. The third-order valence-electron chi connectivity index (χ3n) is 6.67. The van der Waals surface area contributed by atoms with E-state index >= 15 is 0 Å². The molecule has 0 saturated carbocycles. The van der Waals surface area contributed by atoms with E-state index in [4.69, 9.17) is 4.74 Å². The second-order valence-corrected chi connectivity index (χ2v) is 9.18. The number of benzene rings is 1. The first kappa shape index (κ1) is 25.2. The lowest BCUT2D eigenvalue weighted by Crippen LogP contribution is -2.41. The smallest absolute Gasteiger partial charge is 0.433 e. The number of anilines is 1. The molecule has 4 aromatic rings. The van der Waals surface area contributed by atoms with Crippen molar-refractivity contribution in [2.75, 3.05) is 5.32 Å². The molecule has 0 spiro atoms. The second-order valence-electron chi connectivity index (χ2n) is 9.18. The summed E-state index contributed by atoms with van der Waals surface area (Å²) in [4.78, 5) is 35.2. The summed E-state index contributed by atoms with van der Waals surface area (Å²) in [7, 11) is 1.16. The zero-order valence-electron chi connectivity index (χ0n) is 21.0. The molecule has 2 amide bonds. The predicted molar refractivity (Wildman–Crippen MR) is 131 cm³/mol. The molecule has 0 saturated heterocycles. The zero-order valence-corrected chi connectivity index (χ0v) is 21.0. The largest absolute Gasteiger partial charge is 0.438 e. The summed E-state index contributed by atoms with van der Waals surface area (Å²) < 4.78 is 47.3. The van der Waals surface area contributed by atoms with Crippen LogP contribution >= 0.6 is 0 Å². The van der Waals surface area contributed by atoms with Crippen molar-refractivity contribution >= 4 is 28.7 Å². The summed E-state index contributed by atoms with van der Waals surface area (Å²) in [5.41, 5.74) is 1.87. The first-order valence-electron chi connectivity index (χ1n) is 11.7. The van der Waals surface area contributed by atoms with Gasteiger partial charge in [0.05, 0.1) is 17.8 Å². The van der Waals surface area contributed by atoms with E-state index in [9.17, 15) is 22.8 Å². The van der Waals surface area contributed by atoms with Crippen molar-refractivity contribution < 1.29 is 27.5 Å². The van der Waals surface area contributed by atoms with Gasteiger partial charge in [0.25, 0.3) is 0 Å². The van der Waals surface area contributed by atoms with Gasteiger partial charge < -0.3 is 9.64 Å². The van der Waals surface area contributed by atoms with Gasteiger partial charge in [0, 0.05) is 48.8 Å². The number of aryl methyl sites for hydroxylation is 2. The summed E-state index contributed by atoms with van der Waals surface area (Å²) in [5.74, 6) is 0.690. The van der Waals surface area contributed by atoms with E-state index in [-0.39, 0.29) is 17.8 Å². The summed E-state index contributed by atoms with van der Waals surface area (Å²) >= 11 is 0. The van der Waals surface area contributed by atoms with Gasteiger partial charge in [-0.2, -0.15) is 18.3 Å². The van der Waals surface area contributed by atoms with Crippen LogP contribution in [0.1, 0.15) is 36.4 Å². The van der Waals surface area contributed by atoms with E-state index in [2.05, 4.69) is 20.4 Å². The maximum atomic E-state index is 13.1. The topological polar surface area (TPSA) is 107 Å². The fourth-order valence-electron chi connectivity index (χ4n) is 4.70. The van der Waals surface area contributed by atoms with Crippen molar-refractivity contribution in [1.29, 1.82) is 0 Å². The molecule has 0 fully saturated rings. The van der Waals surface area contributed by atoms with Crippen LogP contribution in [-0.4, -0.2) is 47.2 Å². The van der Waals surface area contributed by atoms with Crippen LogP contribution in [0.3, 0.4) is 0 Å². The van der Waals surface area contributed by atoms with Gasteiger partial charge in [0.15, 0.2) is 5.82 Å². The molecule has 1 N–H and O–H groups in total. The van der Waals surface area contributed by atoms with Crippen molar-refractivity contribution in [3.05, 3.63) is 59.3 Å². The number of fused-ring (bicyclic) bond motifs is 2. The molecule has 38 heavy (non-hydrogen) atoms. The Bertz CT molecular complexity index is 1570. The minimum absolute atomic E-state index is 0.0251. The number of carbonyl (C=O) groups excluding carboxylic acids is 2. The Kier molecular flexibility index (Phi) is 6.08. The van der Waals surface area contributed by atoms with E-state index in [1.807, 2.05) is 13.8 Å². The van der Waals surface area contributed by atoms with Crippen LogP contribution in [0, 0.1) is 6.92 Å². The maximum absolute atomic E-state index is 13.1. The number of rotatable bonds is 3. The average molecular weight is 528 g/mol. The molecular formula is C25H24F3N7O3. The van der Waals surface area contributed by atoms with Gasteiger partial charge >= 0.3 is 12.2 Å². The molecule has 0 radical (unpaired) electrons. The van der Waals surface area contributed by atoms with Gasteiger partial charge in [-0.1, -0.05) is 0 Å². The van der Waals surface area contributed by atoms with Gasteiger partial charge in [-0.05, 0) is 38.5 Å². The molecule has 4 heterocycles. The molecule has 198 valence electrons. The number of hydrogen-bond acceptors (Lipinski definition) is 6. The van der Waals surface area contributed by atoms with Crippen molar-refractivity contribution in [2.45, 2.75) is 46.0 Å². The second kappa shape index (κ2) is 9.15. The Hall–Kier alpha value is -4.42. The number of carbonyl (C=O) groups is 2. The summed E-state index contributed by atoms with van der Waals surface area (Å²) in [6.07, 6.45) is -1.12. The van der Waals surface area contributed by atoms with E-state index in [1.165, 1.54) is 24.0 Å². The Balaban J connectivity index is 1.40. The van der Waals surface area contributed by atoms with Crippen LogP contribution in [0.4, 0.5) is 23.8 Å². The molecule has 1 atom stereocenters. The first-order chi connectivity index (χ1) is 17.9. The average Bonchev–Trinajstić information content (AvgIpc) is 3.44. The lowest BCUT2D eigenvalue weighted by molar-refractivity contribution is -0.143. The van der Waals surface area contributed by atoms with Gasteiger partial charge in [-0.25, -0.2) is 14.8 Å². The standard InChI is InChI=1S/C25H24F3N7O3/c1-13-9-17-18(11-35(13)15(3)36)29-12-30-23(17)38-20-6-5-19-16(14(20)2)7-8-34(19)24(37)31-22-10-21(25(26,27)28)33(4)32-22/h5-8,10,12-13H,9,11H2,1-4H3,(H,31,32,37)/t13-/m0/s1. The fraction of sp³-hybridized carbons (Fsp3) is 0.320. The van der Waals surface area contributed by atoms with Crippen molar-refractivity contribution in [3.63, 3.8) is 0 Å². The molecule has 0 unspecified atom stereocenters. The zero-order chi connectivity index (χ0) is 27.4. The normalized spacial score (nSPS) is 15.4. The first-order valence-corrected chi connectivity index (χ1v) is 11.7. The quantitative estimate of drug-likeness (QED) is 0.416. The molecule has 0 aliphatic carbocycles. The lowest BCUT2D eigenvalue weighted by Gasteiger charge is -2.33. The van der Waals surface area contributed by atoms with Gasteiger partial charge in [-0.3, -0.25) is 19.4 Å². The predicted octanol–water partition coefficient (Wildman–Crippen LogP) is 4.66. The molecule has 5 rings (SSSR count). The Morgan fingerprint density at radius 2 is 1.95 bits per heavy atom. The maximum Gasteiger partial charge on any atom is 0.433 e. The number of ether oxygens (including phenoxy) is 1. The molecule has 3 aromatic heterocycles. The highest BCUT2D eigenvalue weighted by molar-refractivity contribution is 5.99. The number of aromatic nitrogens is 5. The van der Waals surface area contributed by atoms with Crippen LogP contribution in [-0.2, 0) is 31.0 Å². The van der Waals surface area contributed by atoms with Crippen LogP contribution < -0.4 is 10.1 Å². The van der Waals surface area contributed by atoms with Crippen LogP contribution in [0.15, 0.2) is 36.8 Å². The highest BCUT2D eigenvalue weighted by Crippen LogP contribution is 2.35. The van der Waals surface area contributed by atoms with Crippen LogP contribution in [0.5, 0.6) is 11.6 Å². The monoisotopic (exact) mass is 527 g/mol. The van der Waals surface area contributed by atoms with Gasteiger partial charge in [0.1, 0.15) is 17.8 Å². The summed E-state index contributed by atoms with van der Waals surface area (Å²) in [5, 5.41) is 6.86. The van der Waals surface area contributed by atoms with E-state index in [0.717, 1.165) is 29.9 Å². The lowest BCUT2D eigenvalue weighted by atomic mass is 9.99. The number of alkyl halides is 3. The van der Waals surface area contributed by atoms with E-state index in [0.29, 0.717) is 40.2 Å². The van der Waals surface area contributed by atoms with Crippen molar-refractivity contribution in [2.24, 2.45) is 7.05 Å². The Labute approximate surface area is 215 Å². The van der Waals surface area contributed by atoms with Gasteiger partial charge in [-0.15, -0.1) is 0 Å². The molecule has 13 heteroatoms. The van der Waals surface area contributed by atoms with E-state index < -0.39 is 17.9 Å². The number of nitrogens with zero attached hydrogens (tertiary/aromatic N) is 6. The SMILES string of the molecule is CC(=O)N1Cc2ncnc(Oc3ccc4c(ccn4C(=O)Nc4cc(C(F)(F)F)n(C)n4)c3C)c2C[C@@H]1C. The molecular weight excluding hydrogens is 503 g/mol. The Morgan fingerprint density at radius 1 is 1.18 bits per heavy atom.